The number of hydrogen-bond acceptors (Lipinski definition) is 4. The summed E-state index contributed by atoms with van der Waals surface area (Å²) in [5, 5.41) is 2.85. The summed E-state index contributed by atoms with van der Waals surface area (Å²) in [6.45, 7) is 0.439. The van der Waals surface area contributed by atoms with E-state index >= 15 is 0 Å². The van der Waals surface area contributed by atoms with E-state index in [-0.39, 0.29) is 16.8 Å². The van der Waals surface area contributed by atoms with Crippen LogP contribution in [0.5, 0.6) is 0 Å². The van der Waals surface area contributed by atoms with Crippen LogP contribution in [0.1, 0.15) is 24.0 Å². The van der Waals surface area contributed by atoms with Gasteiger partial charge in [-0.2, -0.15) is 0 Å². The van der Waals surface area contributed by atoms with Crippen LogP contribution in [-0.4, -0.2) is 34.5 Å². The average Bonchev–Trinajstić information content (AvgIpc) is 3.48. The molecule has 148 valence electrons. The highest BCUT2D eigenvalue weighted by Gasteiger charge is 2.27. The topological polar surface area (TPSA) is 78.5 Å². The third kappa shape index (κ3) is 5.68. The van der Waals surface area contributed by atoms with Crippen molar-refractivity contribution >= 4 is 27.7 Å². The van der Waals surface area contributed by atoms with Gasteiger partial charge in [-0.1, -0.05) is 24.3 Å². The number of carbonyl (C=O) groups is 1. The van der Waals surface area contributed by atoms with Gasteiger partial charge < -0.3 is 10.2 Å². The zero-order valence-corrected chi connectivity index (χ0v) is 16.9. The van der Waals surface area contributed by atoms with Crippen molar-refractivity contribution in [3.05, 3.63) is 65.7 Å². The molecule has 0 aromatic heterocycles. The first-order valence-electron chi connectivity index (χ1n) is 9.18. The molecule has 3 rings (SSSR count). The lowest BCUT2D eigenvalue weighted by atomic mass is 10.2. The van der Waals surface area contributed by atoms with E-state index in [0.717, 1.165) is 29.7 Å². The molecule has 1 aliphatic rings. The van der Waals surface area contributed by atoms with Crippen molar-refractivity contribution in [1.82, 2.24) is 10.0 Å². The SMILES string of the molecule is CN(C)c1cccc(CNC(=O)/C=C/c2ccc(S(=O)(=O)NC3CC3)cc2)c1. The molecule has 1 amide bonds. The molecular weight excluding hydrogens is 374 g/mol. The summed E-state index contributed by atoms with van der Waals surface area (Å²) in [5.41, 5.74) is 2.86. The van der Waals surface area contributed by atoms with Gasteiger partial charge in [0, 0.05) is 38.4 Å². The predicted octanol–water partition coefficient (Wildman–Crippen LogP) is 2.52. The maximum Gasteiger partial charge on any atom is 0.244 e. The number of nitrogens with one attached hydrogen (secondary N) is 2. The molecule has 2 aromatic carbocycles. The smallest absolute Gasteiger partial charge is 0.244 e. The molecule has 1 fully saturated rings. The summed E-state index contributed by atoms with van der Waals surface area (Å²) in [6, 6.07) is 14.5. The Balaban J connectivity index is 1.54. The van der Waals surface area contributed by atoms with E-state index in [1.54, 1.807) is 30.3 Å². The first-order valence-corrected chi connectivity index (χ1v) is 10.7. The maximum atomic E-state index is 12.1. The Morgan fingerprint density at radius 2 is 1.86 bits per heavy atom. The van der Waals surface area contributed by atoms with Crippen LogP contribution < -0.4 is 14.9 Å². The predicted molar refractivity (Wildman–Crippen MR) is 111 cm³/mol. The highest BCUT2D eigenvalue weighted by molar-refractivity contribution is 7.89. The molecule has 0 atom stereocenters. The number of anilines is 1. The largest absolute Gasteiger partial charge is 0.378 e. The number of sulfonamides is 1. The molecule has 0 heterocycles. The second-order valence-electron chi connectivity index (χ2n) is 7.08. The lowest BCUT2D eigenvalue weighted by molar-refractivity contribution is -0.116. The molecule has 28 heavy (non-hydrogen) atoms. The number of amides is 1. The van der Waals surface area contributed by atoms with Crippen molar-refractivity contribution < 1.29 is 13.2 Å². The Bertz CT molecular complexity index is 963. The standard InChI is InChI=1S/C21H25N3O3S/c1-24(2)19-5-3-4-17(14-19)15-22-21(25)13-8-16-6-11-20(12-7-16)28(26,27)23-18-9-10-18/h3-8,11-14,18,23H,9-10,15H2,1-2H3,(H,22,25)/b13-8+. The van der Waals surface area contributed by atoms with Gasteiger partial charge in [0.1, 0.15) is 0 Å². The highest BCUT2D eigenvalue weighted by atomic mass is 32.2. The molecule has 2 N–H and O–H groups in total. The van der Waals surface area contributed by atoms with Crippen LogP contribution in [0.4, 0.5) is 5.69 Å². The summed E-state index contributed by atoms with van der Waals surface area (Å²) >= 11 is 0. The molecular formula is C21H25N3O3S. The van der Waals surface area contributed by atoms with E-state index in [1.165, 1.54) is 6.08 Å². The summed E-state index contributed by atoms with van der Waals surface area (Å²) in [7, 11) is 0.491. The fourth-order valence-corrected chi connectivity index (χ4v) is 3.92. The molecule has 0 saturated heterocycles. The van der Waals surface area contributed by atoms with E-state index in [9.17, 15) is 13.2 Å². The molecule has 0 radical (unpaired) electrons. The molecule has 2 aromatic rings. The molecule has 0 spiro atoms. The van der Waals surface area contributed by atoms with Gasteiger partial charge >= 0.3 is 0 Å². The minimum atomic E-state index is -3.45. The van der Waals surface area contributed by atoms with Crippen LogP contribution in [0.2, 0.25) is 0 Å². The number of hydrogen-bond donors (Lipinski definition) is 2. The molecule has 0 bridgehead atoms. The van der Waals surface area contributed by atoms with Gasteiger partial charge in [0.25, 0.3) is 0 Å². The minimum absolute atomic E-state index is 0.0756. The lowest BCUT2D eigenvalue weighted by Crippen LogP contribution is -2.25. The van der Waals surface area contributed by atoms with Gasteiger partial charge in [0.15, 0.2) is 0 Å². The third-order valence-electron chi connectivity index (χ3n) is 4.41. The van der Waals surface area contributed by atoms with Crippen LogP contribution in [0, 0.1) is 0 Å². The third-order valence-corrected chi connectivity index (χ3v) is 5.95. The van der Waals surface area contributed by atoms with Crippen LogP contribution in [-0.2, 0) is 21.4 Å². The molecule has 0 aliphatic heterocycles. The van der Waals surface area contributed by atoms with Crippen molar-refractivity contribution in [2.45, 2.75) is 30.3 Å². The van der Waals surface area contributed by atoms with Gasteiger partial charge in [-0.05, 0) is 54.3 Å². The van der Waals surface area contributed by atoms with Gasteiger partial charge in [-0.3, -0.25) is 4.79 Å². The summed E-state index contributed by atoms with van der Waals surface area (Å²) in [5.74, 6) is -0.206. The van der Waals surface area contributed by atoms with E-state index in [1.807, 2.05) is 43.3 Å². The number of rotatable bonds is 8. The Labute approximate surface area is 166 Å². The Kier molecular flexibility index (Phi) is 6.16. The number of benzene rings is 2. The van der Waals surface area contributed by atoms with Crippen molar-refractivity contribution in [3.8, 4) is 0 Å². The number of carbonyl (C=O) groups excluding carboxylic acids is 1. The molecule has 1 saturated carbocycles. The van der Waals surface area contributed by atoms with Gasteiger partial charge in [-0.15, -0.1) is 0 Å². The van der Waals surface area contributed by atoms with E-state index in [0.29, 0.717) is 6.54 Å². The zero-order chi connectivity index (χ0) is 20.1. The zero-order valence-electron chi connectivity index (χ0n) is 16.1. The molecule has 6 nitrogen and oxygen atoms in total. The fourth-order valence-electron chi connectivity index (χ4n) is 2.61. The Morgan fingerprint density at radius 1 is 1.14 bits per heavy atom. The average molecular weight is 400 g/mol. The van der Waals surface area contributed by atoms with E-state index in [2.05, 4.69) is 10.0 Å². The quantitative estimate of drug-likeness (QED) is 0.669. The normalized spacial score (nSPS) is 14.2. The minimum Gasteiger partial charge on any atom is -0.378 e. The van der Waals surface area contributed by atoms with E-state index < -0.39 is 10.0 Å². The fraction of sp³-hybridized carbons (Fsp3) is 0.286. The second kappa shape index (κ2) is 8.58. The second-order valence-corrected chi connectivity index (χ2v) is 8.79. The summed E-state index contributed by atoms with van der Waals surface area (Å²) < 4.78 is 26.9. The van der Waals surface area contributed by atoms with Crippen molar-refractivity contribution in [2.24, 2.45) is 0 Å². The van der Waals surface area contributed by atoms with Crippen molar-refractivity contribution in [1.29, 1.82) is 0 Å². The van der Waals surface area contributed by atoms with Gasteiger partial charge in [0.05, 0.1) is 4.90 Å². The maximum absolute atomic E-state index is 12.1. The monoisotopic (exact) mass is 399 g/mol. The van der Waals surface area contributed by atoms with Crippen molar-refractivity contribution in [2.75, 3.05) is 19.0 Å². The molecule has 7 heteroatoms. The first-order chi connectivity index (χ1) is 13.3. The highest BCUT2D eigenvalue weighted by Crippen LogP contribution is 2.22. The Morgan fingerprint density at radius 3 is 2.50 bits per heavy atom. The van der Waals surface area contributed by atoms with Crippen LogP contribution >= 0.6 is 0 Å². The van der Waals surface area contributed by atoms with Crippen LogP contribution in [0.15, 0.2) is 59.5 Å². The van der Waals surface area contributed by atoms with Crippen molar-refractivity contribution in [3.63, 3.8) is 0 Å². The van der Waals surface area contributed by atoms with Crippen LogP contribution in [0.25, 0.3) is 6.08 Å². The lowest BCUT2D eigenvalue weighted by Gasteiger charge is -2.13. The molecule has 0 unspecified atom stereocenters. The molecule has 1 aliphatic carbocycles. The summed E-state index contributed by atoms with van der Waals surface area (Å²) in [4.78, 5) is 14.3. The van der Waals surface area contributed by atoms with Gasteiger partial charge in [-0.25, -0.2) is 13.1 Å². The Hall–Kier alpha value is -2.64. The number of nitrogens with zero attached hydrogens (tertiary/aromatic N) is 1. The summed E-state index contributed by atoms with van der Waals surface area (Å²) in [6.07, 6.45) is 4.90. The van der Waals surface area contributed by atoms with Crippen LogP contribution in [0.3, 0.4) is 0 Å². The van der Waals surface area contributed by atoms with E-state index in [4.69, 9.17) is 0 Å². The van der Waals surface area contributed by atoms with Gasteiger partial charge in [0.2, 0.25) is 15.9 Å². The first kappa shape index (κ1) is 20.1.